The number of imide groups is 1. The van der Waals surface area contributed by atoms with Gasteiger partial charge in [-0.25, -0.2) is 9.69 Å². The maximum absolute atomic E-state index is 11.9. The lowest BCUT2D eigenvalue weighted by atomic mass is 10.1. The second-order valence-corrected chi connectivity index (χ2v) is 4.52. The number of hydrogen-bond donors (Lipinski definition) is 2. The van der Waals surface area contributed by atoms with Crippen LogP contribution in [0.2, 0.25) is 0 Å². The van der Waals surface area contributed by atoms with Crippen molar-refractivity contribution < 1.29 is 24.3 Å². The van der Waals surface area contributed by atoms with Crippen LogP contribution >= 0.6 is 0 Å². The van der Waals surface area contributed by atoms with Crippen LogP contribution in [-0.2, 0) is 14.4 Å². The van der Waals surface area contributed by atoms with Crippen LogP contribution in [0.4, 0.5) is 11.4 Å². The molecule has 3 amide bonds. The van der Waals surface area contributed by atoms with Crippen molar-refractivity contribution in [3.05, 3.63) is 35.4 Å². The van der Waals surface area contributed by atoms with Crippen LogP contribution in [-0.4, -0.2) is 28.8 Å². The number of carboxylic acids is 1. The lowest BCUT2D eigenvalue weighted by Gasteiger charge is -2.17. The summed E-state index contributed by atoms with van der Waals surface area (Å²) >= 11 is 0. The van der Waals surface area contributed by atoms with Crippen LogP contribution in [0.1, 0.15) is 24.2 Å². The molecule has 0 aliphatic carbocycles. The number of benzene rings is 1. The molecule has 0 spiro atoms. The van der Waals surface area contributed by atoms with Gasteiger partial charge in [-0.05, 0) is 25.1 Å². The van der Waals surface area contributed by atoms with Gasteiger partial charge in [0.2, 0.25) is 5.91 Å². The van der Waals surface area contributed by atoms with Gasteiger partial charge in [-0.15, -0.1) is 0 Å². The van der Waals surface area contributed by atoms with Crippen LogP contribution in [0, 0.1) is 0 Å². The fraction of sp³-hybridized carbons (Fsp3) is 0.143. The summed E-state index contributed by atoms with van der Waals surface area (Å²) in [6, 6.07) is 3.95. The van der Waals surface area contributed by atoms with Gasteiger partial charge in [0.15, 0.2) is 0 Å². The molecule has 2 N–H and O–H groups in total. The van der Waals surface area contributed by atoms with Crippen LogP contribution in [0.3, 0.4) is 0 Å². The minimum absolute atomic E-state index is 0.0281. The Kier molecular flexibility index (Phi) is 3.58. The normalized spacial score (nSPS) is 14.2. The van der Waals surface area contributed by atoms with Gasteiger partial charge >= 0.3 is 5.97 Å². The topological polar surface area (TPSA) is 104 Å². The van der Waals surface area contributed by atoms with Crippen molar-refractivity contribution in [3.63, 3.8) is 0 Å². The molecule has 7 heteroatoms. The quantitative estimate of drug-likeness (QED) is 0.812. The van der Waals surface area contributed by atoms with E-state index in [9.17, 15) is 24.3 Å². The van der Waals surface area contributed by atoms with Gasteiger partial charge in [-0.1, -0.05) is 0 Å². The van der Waals surface area contributed by atoms with E-state index in [1.165, 1.54) is 32.0 Å². The number of nitrogens with one attached hydrogen (secondary N) is 1. The molecular formula is C14H12N2O5. The summed E-state index contributed by atoms with van der Waals surface area (Å²) < 4.78 is 0. The summed E-state index contributed by atoms with van der Waals surface area (Å²) in [6.07, 6.45) is 1.15. The van der Waals surface area contributed by atoms with Crippen molar-refractivity contribution in [1.82, 2.24) is 0 Å². The molecule has 1 aromatic carbocycles. The number of carboxylic acid groups (broad SMARTS) is 1. The van der Waals surface area contributed by atoms with Crippen LogP contribution < -0.4 is 10.2 Å². The first-order valence-corrected chi connectivity index (χ1v) is 6.03. The molecular weight excluding hydrogens is 276 g/mol. The average Bonchev–Trinajstić information content (AvgIpc) is 2.63. The summed E-state index contributed by atoms with van der Waals surface area (Å²) in [4.78, 5) is 46.9. The van der Waals surface area contributed by atoms with E-state index in [4.69, 9.17) is 0 Å². The number of nitrogens with zero attached hydrogens (tertiary/aromatic N) is 1. The summed E-state index contributed by atoms with van der Waals surface area (Å²) in [5, 5.41) is 11.7. The fourth-order valence-corrected chi connectivity index (χ4v) is 2.00. The van der Waals surface area contributed by atoms with Crippen molar-refractivity contribution in [3.8, 4) is 0 Å². The summed E-state index contributed by atoms with van der Waals surface area (Å²) in [7, 11) is 0. The molecule has 0 fully saturated rings. The molecule has 0 bridgehead atoms. The second-order valence-electron chi connectivity index (χ2n) is 4.52. The van der Waals surface area contributed by atoms with E-state index in [0.717, 1.165) is 11.0 Å². The van der Waals surface area contributed by atoms with Gasteiger partial charge in [0.1, 0.15) is 0 Å². The number of carbonyl (C=O) groups is 4. The van der Waals surface area contributed by atoms with Gasteiger partial charge in [0.25, 0.3) is 11.8 Å². The molecule has 21 heavy (non-hydrogen) atoms. The van der Waals surface area contributed by atoms with E-state index in [0.29, 0.717) is 0 Å². The zero-order valence-electron chi connectivity index (χ0n) is 11.3. The first kappa shape index (κ1) is 14.4. The van der Waals surface area contributed by atoms with Gasteiger partial charge in [-0.3, -0.25) is 14.4 Å². The smallest absolute Gasteiger partial charge is 0.337 e. The van der Waals surface area contributed by atoms with Gasteiger partial charge in [0.05, 0.1) is 11.3 Å². The predicted octanol–water partition coefficient (Wildman–Crippen LogP) is 1.16. The molecule has 1 aliphatic rings. The molecule has 0 radical (unpaired) electrons. The fourth-order valence-electron chi connectivity index (χ4n) is 2.00. The number of anilines is 2. The predicted molar refractivity (Wildman–Crippen MR) is 74.0 cm³/mol. The first-order chi connectivity index (χ1) is 9.81. The Morgan fingerprint density at radius 1 is 1.24 bits per heavy atom. The van der Waals surface area contributed by atoms with Gasteiger partial charge in [0, 0.05) is 24.3 Å². The minimum Gasteiger partial charge on any atom is -0.478 e. The number of rotatable bonds is 3. The molecule has 0 saturated carbocycles. The molecule has 0 saturated heterocycles. The summed E-state index contributed by atoms with van der Waals surface area (Å²) in [5.74, 6) is -2.81. The monoisotopic (exact) mass is 288 g/mol. The number of carbonyl (C=O) groups excluding carboxylic acids is 3. The van der Waals surface area contributed by atoms with Crippen molar-refractivity contribution in [2.75, 3.05) is 10.2 Å². The molecule has 1 heterocycles. The molecule has 0 aromatic heterocycles. The van der Waals surface area contributed by atoms with Gasteiger partial charge in [-0.2, -0.15) is 0 Å². The van der Waals surface area contributed by atoms with E-state index >= 15 is 0 Å². The Hall–Kier alpha value is -2.96. The van der Waals surface area contributed by atoms with E-state index in [1.807, 2.05) is 0 Å². The highest BCUT2D eigenvalue weighted by Crippen LogP contribution is 2.28. The Morgan fingerprint density at radius 2 is 1.90 bits per heavy atom. The van der Waals surface area contributed by atoms with Crippen molar-refractivity contribution in [2.45, 2.75) is 13.8 Å². The molecule has 1 aliphatic heterocycles. The van der Waals surface area contributed by atoms with Crippen molar-refractivity contribution in [1.29, 1.82) is 0 Å². The zero-order valence-corrected chi connectivity index (χ0v) is 11.3. The van der Waals surface area contributed by atoms with Crippen LogP contribution in [0.25, 0.3) is 0 Å². The third-order valence-electron chi connectivity index (χ3n) is 2.89. The lowest BCUT2D eigenvalue weighted by Crippen LogP contribution is -2.32. The van der Waals surface area contributed by atoms with Crippen molar-refractivity contribution >= 4 is 35.1 Å². The Bertz CT molecular complexity index is 705. The molecule has 7 nitrogen and oxygen atoms in total. The molecule has 0 unspecified atom stereocenters. The van der Waals surface area contributed by atoms with E-state index < -0.39 is 17.8 Å². The Balaban J connectivity index is 2.50. The number of amides is 3. The second kappa shape index (κ2) is 5.20. The zero-order chi connectivity index (χ0) is 15.7. The van der Waals surface area contributed by atoms with Crippen LogP contribution in [0.5, 0.6) is 0 Å². The third-order valence-corrected chi connectivity index (χ3v) is 2.89. The van der Waals surface area contributed by atoms with E-state index in [2.05, 4.69) is 5.32 Å². The molecule has 108 valence electrons. The van der Waals surface area contributed by atoms with Crippen LogP contribution in [0.15, 0.2) is 29.8 Å². The Morgan fingerprint density at radius 3 is 2.38 bits per heavy atom. The minimum atomic E-state index is -1.30. The highest BCUT2D eigenvalue weighted by Gasteiger charge is 2.32. The summed E-state index contributed by atoms with van der Waals surface area (Å²) in [6.45, 7) is 2.77. The van der Waals surface area contributed by atoms with Crippen molar-refractivity contribution in [2.24, 2.45) is 0 Å². The largest absolute Gasteiger partial charge is 0.478 e. The van der Waals surface area contributed by atoms with Gasteiger partial charge < -0.3 is 10.4 Å². The van der Waals surface area contributed by atoms with E-state index in [1.54, 1.807) is 0 Å². The Labute approximate surface area is 119 Å². The standard InChI is InChI=1S/C14H12N2O5/c1-7-5-12(18)16(13(7)19)11-4-3-9(15-8(2)17)6-10(11)14(20)21/h3-6H,1-2H3,(H,15,17)(H,20,21). The summed E-state index contributed by atoms with van der Waals surface area (Å²) in [5.41, 5.74) is 0.237. The highest BCUT2D eigenvalue weighted by atomic mass is 16.4. The molecule has 1 aromatic rings. The third kappa shape index (κ3) is 2.66. The maximum Gasteiger partial charge on any atom is 0.337 e. The lowest BCUT2D eigenvalue weighted by molar-refractivity contribution is -0.120. The number of aromatic carboxylic acids is 1. The highest BCUT2D eigenvalue weighted by molar-refractivity contribution is 6.31. The first-order valence-electron chi connectivity index (χ1n) is 6.03. The maximum atomic E-state index is 11.9. The SMILES string of the molecule is CC(=O)Nc1ccc(N2C(=O)C=C(C)C2=O)c(C(=O)O)c1. The molecule has 2 rings (SSSR count). The number of hydrogen-bond acceptors (Lipinski definition) is 4. The van der Waals surface area contributed by atoms with E-state index in [-0.39, 0.29) is 28.4 Å². The average molecular weight is 288 g/mol. The molecule has 0 atom stereocenters.